The summed E-state index contributed by atoms with van der Waals surface area (Å²) in [7, 11) is 0. The van der Waals surface area contributed by atoms with Gasteiger partial charge in [-0.25, -0.2) is 0 Å². The van der Waals surface area contributed by atoms with E-state index in [-0.39, 0.29) is 10.8 Å². The first-order valence-corrected chi connectivity index (χ1v) is 23.0. The van der Waals surface area contributed by atoms with E-state index in [2.05, 4.69) is 160 Å². The molecule has 258 valence electrons. The van der Waals surface area contributed by atoms with Gasteiger partial charge in [-0.2, -0.15) is 0 Å². The monoisotopic (exact) mass is 736 g/mol. The van der Waals surface area contributed by atoms with Crippen molar-refractivity contribution in [3.63, 3.8) is 0 Å². The van der Waals surface area contributed by atoms with Gasteiger partial charge in [-0.1, -0.05) is 0 Å². The quantitative estimate of drug-likeness (QED) is 0.168. The molecule has 3 aliphatic carbocycles. The van der Waals surface area contributed by atoms with Crippen LogP contribution in [0.4, 0.5) is 0 Å². The molecule has 0 N–H and O–H groups in total. The molecule has 50 heavy (non-hydrogen) atoms. The zero-order valence-corrected chi connectivity index (χ0v) is 34.9. The Hall–Kier alpha value is -2.89. The van der Waals surface area contributed by atoms with Crippen LogP contribution in [0.5, 0.6) is 0 Å². The van der Waals surface area contributed by atoms with Crippen LogP contribution in [0, 0.1) is 11.3 Å². The molecule has 0 aromatic heterocycles. The summed E-state index contributed by atoms with van der Waals surface area (Å²) in [5.41, 5.74) is 16.7. The van der Waals surface area contributed by atoms with Gasteiger partial charge in [-0.3, -0.25) is 0 Å². The molecule has 1 fully saturated rings. The molecular weight excluding hydrogens is 680 g/mol. The van der Waals surface area contributed by atoms with Gasteiger partial charge in [-0.05, 0) is 0 Å². The molecular formula is C49H58Zr. The van der Waals surface area contributed by atoms with Crippen molar-refractivity contribution in [2.45, 2.75) is 119 Å². The maximum absolute atomic E-state index is 2.76. The van der Waals surface area contributed by atoms with Gasteiger partial charge >= 0.3 is 313 Å². The normalized spacial score (nSPS) is 18.3. The molecule has 0 nitrogen and oxygen atoms in total. The van der Waals surface area contributed by atoms with E-state index in [1.807, 2.05) is 0 Å². The summed E-state index contributed by atoms with van der Waals surface area (Å²) >= 11 is -2.62. The van der Waals surface area contributed by atoms with E-state index in [4.69, 9.17) is 0 Å². The number of hydrogen-bond acceptors (Lipinski definition) is 0. The van der Waals surface area contributed by atoms with Crippen LogP contribution in [0.25, 0.3) is 33.4 Å². The molecule has 0 aliphatic heterocycles. The molecule has 1 unspecified atom stereocenters. The van der Waals surface area contributed by atoms with Crippen molar-refractivity contribution in [1.82, 2.24) is 0 Å². The number of hydrogen-bond donors (Lipinski definition) is 0. The minimum absolute atomic E-state index is 0.000876. The first-order valence-electron chi connectivity index (χ1n) is 19.3. The van der Waals surface area contributed by atoms with Crippen molar-refractivity contribution in [2.24, 2.45) is 11.3 Å². The molecule has 0 amide bonds. The van der Waals surface area contributed by atoms with Crippen LogP contribution < -0.4 is 3.27 Å². The SMILES string of the molecule is C[C](C)=[Zr]([C]1=CC(C2(C)CCCCC2)=CC1C)[c]1c2c(cc(C(C)(C)C)c1-c1ccccc1)-c1cc(C(C)(C)C)c(-c3ccccc3)cc1C2. The molecule has 4 aromatic rings. The van der Waals surface area contributed by atoms with Gasteiger partial charge < -0.3 is 0 Å². The van der Waals surface area contributed by atoms with Crippen LogP contribution in [0.1, 0.15) is 124 Å². The summed E-state index contributed by atoms with van der Waals surface area (Å²) in [4.78, 5) is 0. The predicted octanol–water partition coefficient (Wildman–Crippen LogP) is 13.1. The Morgan fingerprint density at radius 3 is 1.86 bits per heavy atom. The topological polar surface area (TPSA) is 0 Å². The van der Waals surface area contributed by atoms with Crippen LogP contribution in [-0.2, 0) is 38.5 Å². The molecule has 3 aliphatic rings. The Balaban J connectivity index is 1.53. The fourth-order valence-electron chi connectivity index (χ4n) is 9.31. The van der Waals surface area contributed by atoms with Crippen LogP contribution in [0.15, 0.2) is 99.9 Å². The molecule has 0 radical (unpaired) electrons. The zero-order chi connectivity index (χ0) is 35.6. The first-order chi connectivity index (χ1) is 23.7. The summed E-state index contributed by atoms with van der Waals surface area (Å²) in [6.07, 6.45) is 13.3. The second-order valence-electron chi connectivity index (χ2n) is 18.2. The third kappa shape index (κ3) is 6.40. The molecule has 1 atom stereocenters. The van der Waals surface area contributed by atoms with Crippen LogP contribution >= 0.6 is 0 Å². The molecule has 1 heteroatoms. The van der Waals surface area contributed by atoms with Crippen molar-refractivity contribution in [3.8, 4) is 33.4 Å². The van der Waals surface area contributed by atoms with Crippen molar-refractivity contribution < 1.29 is 21.3 Å². The van der Waals surface area contributed by atoms with Crippen molar-refractivity contribution in [2.75, 3.05) is 0 Å². The fourth-order valence-corrected chi connectivity index (χ4v) is 17.3. The van der Waals surface area contributed by atoms with Gasteiger partial charge in [0.2, 0.25) is 0 Å². The Kier molecular flexibility index (Phi) is 9.42. The van der Waals surface area contributed by atoms with Crippen LogP contribution in [0.3, 0.4) is 0 Å². The standard InChI is InChI=1S/C33H33.C13H19.C3H6.Zr/c1-32(2,3)30-20-26-24(18-28(30)22-13-9-7-10-14-22)17-25-19-29(23-15-11-8-12-16-23)31(21-27(25)26)33(4,5)6;1-11-6-7-12(10-11)13(2)8-4-3-5-9-13;1-3-2;/h7-16,18,20-21H,17H2,1-6H3;7,10-11H,3-5,8-9H2,1-2H3;1-2H3;. The number of allylic oxidation sites excluding steroid dienone is 4. The molecule has 1 saturated carbocycles. The van der Waals surface area contributed by atoms with Crippen molar-refractivity contribution in [1.29, 1.82) is 0 Å². The van der Waals surface area contributed by atoms with Crippen LogP contribution in [0.2, 0.25) is 0 Å². The Morgan fingerprint density at radius 1 is 0.700 bits per heavy atom. The average molecular weight is 738 g/mol. The summed E-state index contributed by atoms with van der Waals surface area (Å²) < 4.78 is 5.23. The molecule has 7 rings (SSSR count). The molecule has 0 saturated heterocycles. The van der Waals surface area contributed by atoms with E-state index >= 15 is 0 Å². The third-order valence-electron chi connectivity index (χ3n) is 12.0. The summed E-state index contributed by atoms with van der Waals surface area (Å²) in [6.45, 7) is 24.5. The first kappa shape index (κ1) is 35.5. The van der Waals surface area contributed by atoms with Crippen LogP contribution in [-0.4, -0.2) is 3.21 Å². The number of rotatable bonds is 5. The van der Waals surface area contributed by atoms with Gasteiger partial charge in [0.05, 0.1) is 0 Å². The van der Waals surface area contributed by atoms with Gasteiger partial charge in [0.1, 0.15) is 0 Å². The van der Waals surface area contributed by atoms with E-state index in [0.29, 0.717) is 11.3 Å². The Labute approximate surface area is 311 Å². The summed E-state index contributed by atoms with van der Waals surface area (Å²) in [5, 5.41) is 0. The van der Waals surface area contributed by atoms with Gasteiger partial charge in [-0.15, -0.1) is 0 Å². The second-order valence-corrected chi connectivity index (χ2v) is 25.1. The van der Waals surface area contributed by atoms with Crippen molar-refractivity contribution in [3.05, 3.63) is 122 Å². The van der Waals surface area contributed by atoms with Gasteiger partial charge in [0, 0.05) is 0 Å². The number of benzene rings is 4. The molecule has 0 spiro atoms. The molecule has 0 heterocycles. The fraction of sp³-hybridized carbons (Fsp3) is 0.408. The summed E-state index contributed by atoms with van der Waals surface area (Å²) in [5.74, 6) is 0.506. The molecule has 4 aromatic carbocycles. The second kappa shape index (κ2) is 13.3. The predicted molar refractivity (Wildman–Crippen MR) is 215 cm³/mol. The van der Waals surface area contributed by atoms with E-state index in [1.54, 1.807) is 26.5 Å². The molecule has 0 bridgehead atoms. The van der Waals surface area contributed by atoms with Gasteiger partial charge in [0.25, 0.3) is 0 Å². The summed E-state index contributed by atoms with van der Waals surface area (Å²) in [6, 6.07) is 30.4. The van der Waals surface area contributed by atoms with E-state index < -0.39 is 21.3 Å². The average Bonchev–Trinajstić information content (AvgIpc) is 3.64. The number of fused-ring (bicyclic) bond motifs is 3. The minimum atomic E-state index is -2.62. The maximum atomic E-state index is 2.76. The van der Waals surface area contributed by atoms with Gasteiger partial charge in [0.15, 0.2) is 0 Å². The van der Waals surface area contributed by atoms with E-state index in [1.165, 1.54) is 76.6 Å². The van der Waals surface area contributed by atoms with E-state index in [0.717, 1.165) is 6.42 Å². The van der Waals surface area contributed by atoms with Crippen molar-refractivity contribution >= 4 is 6.48 Å². The Morgan fingerprint density at radius 2 is 1.28 bits per heavy atom. The zero-order valence-electron chi connectivity index (χ0n) is 32.5. The Bertz CT molecular complexity index is 2030. The van der Waals surface area contributed by atoms with E-state index in [9.17, 15) is 0 Å². The third-order valence-corrected chi connectivity index (χ3v) is 20.0.